The van der Waals surface area contributed by atoms with Crippen LogP contribution in [0, 0.1) is 12.7 Å². The van der Waals surface area contributed by atoms with Gasteiger partial charge >= 0.3 is 0 Å². The number of rotatable bonds is 8. The van der Waals surface area contributed by atoms with E-state index in [0.717, 1.165) is 0 Å². The van der Waals surface area contributed by atoms with Crippen molar-refractivity contribution in [2.24, 2.45) is 12.9 Å². The van der Waals surface area contributed by atoms with Gasteiger partial charge < -0.3 is 15.1 Å². The summed E-state index contributed by atoms with van der Waals surface area (Å²) in [5, 5.41) is 0.491. The fraction of sp³-hybridized carbons (Fsp3) is 0.318. The average molecular weight is 461 g/mol. The minimum Gasteiger partial charge on any atom is -0.383 e. The fourth-order valence-electron chi connectivity index (χ4n) is 3.42. The Labute approximate surface area is 190 Å². The largest absolute Gasteiger partial charge is 0.383 e. The van der Waals surface area contributed by atoms with Crippen molar-refractivity contribution < 1.29 is 9.13 Å². The summed E-state index contributed by atoms with van der Waals surface area (Å²) in [5.41, 5.74) is 2.98. The lowest BCUT2D eigenvalue weighted by Crippen LogP contribution is -2.36. The molecule has 32 heavy (non-hydrogen) atoms. The molecule has 0 radical (unpaired) electrons. The Morgan fingerprint density at radius 3 is 2.78 bits per heavy atom. The predicted molar refractivity (Wildman–Crippen MR) is 125 cm³/mol. The van der Waals surface area contributed by atoms with Gasteiger partial charge in [-0.1, -0.05) is 11.6 Å². The summed E-state index contributed by atoms with van der Waals surface area (Å²) in [5.74, 6) is 5.85. The molecule has 3 aromatic rings. The maximum Gasteiger partial charge on any atom is 0.263 e. The monoisotopic (exact) mass is 460 g/mol. The van der Waals surface area contributed by atoms with Crippen molar-refractivity contribution in [2.75, 3.05) is 25.2 Å². The van der Waals surface area contributed by atoms with E-state index in [1.54, 1.807) is 39.4 Å². The highest BCUT2D eigenvalue weighted by atomic mass is 35.5. The van der Waals surface area contributed by atoms with Crippen LogP contribution in [0.4, 0.5) is 10.2 Å². The van der Waals surface area contributed by atoms with Crippen molar-refractivity contribution in [3.63, 3.8) is 0 Å². The van der Waals surface area contributed by atoms with Gasteiger partial charge in [0.15, 0.2) is 0 Å². The molecule has 2 heterocycles. The number of nitrogens with zero attached hydrogens (tertiary/aromatic N) is 4. The van der Waals surface area contributed by atoms with Crippen LogP contribution in [0.2, 0.25) is 5.02 Å². The zero-order valence-electron chi connectivity index (χ0n) is 18.4. The van der Waals surface area contributed by atoms with Crippen LogP contribution in [0.5, 0.6) is 0 Å². The summed E-state index contributed by atoms with van der Waals surface area (Å²) >= 11 is 5.94. The standard InChI is InChI=1S/C22H26ClFN6O2/c1-13(7-8-26-25)30(9-10-32-4)19-12-18-20(22(31)29(3)14(2)27-18)21(28-19)16-6-5-15(23)11-17(16)24/h5-8,11-13,26H,9-10,25H2,1-4H3. The van der Waals surface area contributed by atoms with Gasteiger partial charge in [0, 0.05) is 49.6 Å². The van der Waals surface area contributed by atoms with Crippen molar-refractivity contribution in [2.45, 2.75) is 19.9 Å². The van der Waals surface area contributed by atoms with Gasteiger partial charge in [0.2, 0.25) is 0 Å². The number of pyridine rings is 1. The number of halogens is 2. The highest BCUT2D eigenvalue weighted by Gasteiger charge is 2.21. The zero-order chi connectivity index (χ0) is 23.4. The first kappa shape index (κ1) is 23.6. The van der Waals surface area contributed by atoms with Crippen molar-refractivity contribution in [3.8, 4) is 11.3 Å². The first-order chi connectivity index (χ1) is 15.3. The van der Waals surface area contributed by atoms with E-state index in [2.05, 4.69) is 10.4 Å². The number of methoxy groups -OCH3 is 1. The minimum atomic E-state index is -0.574. The van der Waals surface area contributed by atoms with Crippen LogP contribution < -0.4 is 21.7 Å². The number of anilines is 1. The molecule has 0 spiro atoms. The zero-order valence-corrected chi connectivity index (χ0v) is 19.2. The molecule has 170 valence electrons. The van der Waals surface area contributed by atoms with Crippen LogP contribution >= 0.6 is 11.6 Å². The van der Waals surface area contributed by atoms with Crippen molar-refractivity contribution in [3.05, 3.63) is 63.6 Å². The molecular weight excluding hydrogens is 435 g/mol. The molecular formula is C22H26ClFN6O2. The minimum absolute atomic E-state index is 0.137. The fourth-order valence-corrected chi connectivity index (χ4v) is 3.58. The average Bonchev–Trinajstić information content (AvgIpc) is 2.75. The second-order valence-corrected chi connectivity index (χ2v) is 7.76. The number of aryl methyl sites for hydroxylation is 1. The van der Waals surface area contributed by atoms with E-state index in [0.29, 0.717) is 30.3 Å². The van der Waals surface area contributed by atoms with Gasteiger partial charge in [-0.25, -0.2) is 14.4 Å². The Bertz CT molecular complexity index is 1210. The Morgan fingerprint density at radius 1 is 1.38 bits per heavy atom. The Morgan fingerprint density at radius 2 is 2.12 bits per heavy atom. The van der Waals surface area contributed by atoms with E-state index in [-0.39, 0.29) is 33.3 Å². The number of hydrogen-bond donors (Lipinski definition) is 2. The molecule has 2 aromatic heterocycles. The Balaban J connectivity index is 2.33. The molecule has 0 aliphatic carbocycles. The Hall–Kier alpha value is -3.01. The van der Waals surface area contributed by atoms with Gasteiger partial charge in [0.25, 0.3) is 5.56 Å². The molecule has 0 saturated heterocycles. The summed E-state index contributed by atoms with van der Waals surface area (Å²) in [7, 11) is 3.23. The highest BCUT2D eigenvalue weighted by molar-refractivity contribution is 6.30. The number of nitrogens with two attached hydrogens (primary N) is 1. The topological polar surface area (TPSA) is 98.3 Å². The maximum absolute atomic E-state index is 14.9. The van der Waals surface area contributed by atoms with Crippen LogP contribution in [-0.2, 0) is 11.8 Å². The van der Waals surface area contributed by atoms with Crippen LogP contribution in [-0.4, -0.2) is 40.8 Å². The second-order valence-electron chi connectivity index (χ2n) is 7.32. The lowest BCUT2D eigenvalue weighted by atomic mass is 10.1. The summed E-state index contributed by atoms with van der Waals surface area (Å²) < 4.78 is 21.6. The van der Waals surface area contributed by atoms with Gasteiger partial charge in [-0.15, -0.1) is 0 Å². The Kier molecular flexibility index (Phi) is 7.44. The van der Waals surface area contributed by atoms with Crippen molar-refractivity contribution in [1.29, 1.82) is 0 Å². The number of fused-ring (bicyclic) bond motifs is 1. The van der Waals surface area contributed by atoms with Gasteiger partial charge in [0.1, 0.15) is 17.5 Å². The number of aromatic nitrogens is 3. The number of hydrogen-bond acceptors (Lipinski definition) is 7. The third-order valence-electron chi connectivity index (χ3n) is 5.25. The number of ether oxygens (including phenoxy) is 1. The van der Waals surface area contributed by atoms with Gasteiger partial charge in [-0.05, 0) is 38.1 Å². The molecule has 3 rings (SSSR count). The smallest absolute Gasteiger partial charge is 0.263 e. The molecule has 1 aromatic carbocycles. The number of nitrogens with one attached hydrogen (secondary N) is 1. The van der Waals surface area contributed by atoms with E-state index in [4.69, 9.17) is 27.2 Å². The predicted octanol–water partition coefficient (Wildman–Crippen LogP) is 2.91. The molecule has 10 heteroatoms. The maximum atomic E-state index is 14.9. The summed E-state index contributed by atoms with van der Waals surface area (Å²) in [4.78, 5) is 24.4. The molecule has 0 saturated carbocycles. The first-order valence-corrected chi connectivity index (χ1v) is 10.4. The van der Waals surface area contributed by atoms with Crippen LogP contribution in [0.3, 0.4) is 0 Å². The van der Waals surface area contributed by atoms with E-state index in [1.807, 2.05) is 17.9 Å². The summed E-state index contributed by atoms with van der Waals surface area (Å²) in [6.07, 6.45) is 3.47. The molecule has 3 N–H and O–H groups in total. The number of benzene rings is 1. The lowest BCUT2D eigenvalue weighted by Gasteiger charge is -2.29. The van der Waals surface area contributed by atoms with Gasteiger partial charge in [-0.3, -0.25) is 15.2 Å². The van der Waals surface area contributed by atoms with Crippen LogP contribution in [0.15, 0.2) is 41.3 Å². The molecule has 0 amide bonds. The SMILES string of the molecule is COCCN(c1cc2nc(C)n(C)c(=O)c2c(-c2ccc(Cl)cc2F)n1)C(C)C=CNN. The normalized spacial score (nSPS) is 12.5. The molecule has 0 aliphatic heterocycles. The highest BCUT2D eigenvalue weighted by Crippen LogP contribution is 2.31. The van der Waals surface area contributed by atoms with Crippen LogP contribution in [0.25, 0.3) is 22.2 Å². The summed E-state index contributed by atoms with van der Waals surface area (Å²) in [6.45, 7) is 4.63. The molecule has 0 bridgehead atoms. The molecule has 0 aliphatic rings. The van der Waals surface area contributed by atoms with E-state index in [9.17, 15) is 9.18 Å². The summed E-state index contributed by atoms with van der Waals surface area (Å²) in [6, 6.07) is 5.87. The van der Waals surface area contributed by atoms with E-state index < -0.39 is 5.82 Å². The van der Waals surface area contributed by atoms with Gasteiger partial charge in [-0.2, -0.15) is 0 Å². The number of hydrazine groups is 1. The molecule has 0 fully saturated rings. The quantitative estimate of drug-likeness (QED) is 0.394. The third-order valence-corrected chi connectivity index (χ3v) is 5.49. The second kappa shape index (κ2) is 10.1. The van der Waals surface area contributed by atoms with E-state index >= 15 is 0 Å². The molecule has 8 nitrogen and oxygen atoms in total. The lowest BCUT2D eigenvalue weighted by molar-refractivity contribution is 0.204. The van der Waals surface area contributed by atoms with E-state index in [1.165, 1.54) is 16.7 Å². The molecule has 1 atom stereocenters. The van der Waals surface area contributed by atoms with Crippen molar-refractivity contribution >= 4 is 28.3 Å². The third kappa shape index (κ3) is 4.74. The van der Waals surface area contributed by atoms with Gasteiger partial charge in [0.05, 0.1) is 23.2 Å². The van der Waals surface area contributed by atoms with Crippen molar-refractivity contribution in [1.82, 2.24) is 20.0 Å². The first-order valence-electron chi connectivity index (χ1n) is 10.0. The van der Waals surface area contributed by atoms with Crippen LogP contribution in [0.1, 0.15) is 12.7 Å². The molecule has 1 unspecified atom stereocenters.